The second kappa shape index (κ2) is 4.53. The molecule has 1 aliphatic heterocycles. The van der Waals surface area contributed by atoms with E-state index in [-0.39, 0.29) is 5.60 Å². The van der Waals surface area contributed by atoms with Gasteiger partial charge in [0, 0.05) is 18.5 Å². The predicted molar refractivity (Wildman–Crippen MR) is 71.6 cm³/mol. The van der Waals surface area contributed by atoms with E-state index in [1.54, 1.807) is 6.20 Å². The highest BCUT2D eigenvalue weighted by molar-refractivity contribution is 5.90. The monoisotopic (exact) mass is 243 g/mol. The molecule has 1 unspecified atom stereocenters. The lowest BCUT2D eigenvalue weighted by Crippen LogP contribution is -2.32. The zero-order valence-corrected chi connectivity index (χ0v) is 10.5. The molecule has 3 rings (SSSR count). The first-order valence-corrected chi connectivity index (χ1v) is 6.35. The van der Waals surface area contributed by atoms with Crippen molar-refractivity contribution in [1.29, 1.82) is 0 Å². The molecule has 0 spiro atoms. The molecule has 1 aliphatic rings. The van der Waals surface area contributed by atoms with Crippen LogP contribution in [0.15, 0.2) is 30.5 Å². The van der Waals surface area contributed by atoms with Gasteiger partial charge in [-0.2, -0.15) is 10.2 Å². The third kappa shape index (κ3) is 2.16. The van der Waals surface area contributed by atoms with E-state index in [0.29, 0.717) is 0 Å². The third-order valence-electron chi connectivity index (χ3n) is 3.50. The van der Waals surface area contributed by atoms with Gasteiger partial charge < -0.3 is 10.1 Å². The van der Waals surface area contributed by atoms with Gasteiger partial charge in [0.05, 0.1) is 23.0 Å². The molecular formula is C14H17N3O. The lowest BCUT2D eigenvalue weighted by Gasteiger charge is -2.24. The van der Waals surface area contributed by atoms with Crippen molar-refractivity contribution >= 4 is 16.6 Å². The Bertz CT molecular complexity index is 544. The van der Waals surface area contributed by atoms with Crippen molar-refractivity contribution in [2.45, 2.75) is 25.4 Å². The molecule has 1 aromatic heterocycles. The van der Waals surface area contributed by atoms with Gasteiger partial charge in [0.25, 0.3) is 0 Å². The fraction of sp³-hybridized carbons (Fsp3) is 0.429. The van der Waals surface area contributed by atoms with Gasteiger partial charge in [-0.15, -0.1) is 0 Å². The minimum absolute atomic E-state index is 0.0512. The molecule has 4 nitrogen and oxygen atoms in total. The van der Waals surface area contributed by atoms with Gasteiger partial charge in [0.2, 0.25) is 0 Å². The van der Waals surface area contributed by atoms with E-state index < -0.39 is 0 Å². The minimum atomic E-state index is -0.0512. The molecule has 1 N–H and O–H groups in total. The molecule has 0 radical (unpaired) electrons. The molecule has 1 saturated heterocycles. The Morgan fingerprint density at radius 3 is 3.11 bits per heavy atom. The molecule has 1 fully saturated rings. The number of fused-ring (bicyclic) bond motifs is 1. The summed E-state index contributed by atoms with van der Waals surface area (Å²) in [6.45, 7) is 3.83. The molecule has 18 heavy (non-hydrogen) atoms. The SMILES string of the molecule is CC1(CNc2cnnc3ccccc23)CCCO1. The number of ether oxygens (including phenoxy) is 1. The van der Waals surface area contributed by atoms with E-state index in [2.05, 4.69) is 28.5 Å². The Morgan fingerprint density at radius 1 is 1.39 bits per heavy atom. The quantitative estimate of drug-likeness (QED) is 0.900. The molecule has 0 amide bonds. The summed E-state index contributed by atoms with van der Waals surface area (Å²) in [7, 11) is 0. The van der Waals surface area contributed by atoms with Crippen LogP contribution in [0.25, 0.3) is 10.9 Å². The van der Waals surface area contributed by atoms with E-state index in [9.17, 15) is 0 Å². The normalized spacial score (nSPS) is 23.4. The van der Waals surface area contributed by atoms with Crippen LogP contribution in [0.2, 0.25) is 0 Å². The Balaban J connectivity index is 1.82. The molecule has 0 saturated carbocycles. The standard InChI is InChI=1S/C14H17N3O/c1-14(7-4-8-18-14)10-15-13-9-16-17-12-6-3-2-5-11(12)13/h2-3,5-6,9H,4,7-8,10H2,1H3,(H,15,17). The first-order valence-electron chi connectivity index (χ1n) is 6.35. The van der Waals surface area contributed by atoms with Crippen LogP contribution in [-0.4, -0.2) is 29.0 Å². The number of benzene rings is 1. The van der Waals surface area contributed by atoms with Crippen molar-refractivity contribution in [2.24, 2.45) is 0 Å². The molecule has 2 heterocycles. The van der Waals surface area contributed by atoms with Crippen molar-refractivity contribution in [2.75, 3.05) is 18.5 Å². The maximum absolute atomic E-state index is 5.78. The summed E-state index contributed by atoms with van der Waals surface area (Å²) in [5.41, 5.74) is 1.89. The van der Waals surface area contributed by atoms with Gasteiger partial charge in [-0.3, -0.25) is 0 Å². The van der Waals surface area contributed by atoms with E-state index in [0.717, 1.165) is 42.6 Å². The Morgan fingerprint density at radius 2 is 2.28 bits per heavy atom. The van der Waals surface area contributed by atoms with Crippen LogP contribution in [0.1, 0.15) is 19.8 Å². The van der Waals surface area contributed by atoms with Crippen LogP contribution >= 0.6 is 0 Å². The number of hydrogen-bond acceptors (Lipinski definition) is 4. The summed E-state index contributed by atoms with van der Waals surface area (Å²) in [5.74, 6) is 0. The molecule has 2 aromatic rings. The zero-order chi connectivity index (χ0) is 12.4. The second-order valence-corrected chi connectivity index (χ2v) is 5.03. The second-order valence-electron chi connectivity index (χ2n) is 5.03. The lowest BCUT2D eigenvalue weighted by atomic mass is 10.0. The van der Waals surface area contributed by atoms with E-state index in [4.69, 9.17) is 4.74 Å². The van der Waals surface area contributed by atoms with Crippen LogP contribution in [0.5, 0.6) is 0 Å². The third-order valence-corrected chi connectivity index (χ3v) is 3.50. The first kappa shape index (κ1) is 11.4. The van der Waals surface area contributed by atoms with Gasteiger partial charge in [-0.05, 0) is 25.8 Å². The topological polar surface area (TPSA) is 47.0 Å². The zero-order valence-electron chi connectivity index (χ0n) is 10.5. The van der Waals surface area contributed by atoms with Crippen LogP contribution in [0, 0.1) is 0 Å². The summed E-state index contributed by atoms with van der Waals surface area (Å²) >= 11 is 0. The average molecular weight is 243 g/mol. The van der Waals surface area contributed by atoms with Gasteiger partial charge in [-0.25, -0.2) is 0 Å². The van der Waals surface area contributed by atoms with Crippen molar-refractivity contribution in [3.05, 3.63) is 30.5 Å². The lowest BCUT2D eigenvalue weighted by molar-refractivity contribution is 0.0315. The summed E-state index contributed by atoms with van der Waals surface area (Å²) in [6.07, 6.45) is 4.03. The molecular weight excluding hydrogens is 226 g/mol. The van der Waals surface area contributed by atoms with Gasteiger partial charge in [0.1, 0.15) is 0 Å². The number of rotatable bonds is 3. The Labute approximate surface area is 106 Å². The summed E-state index contributed by atoms with van der Waals surface area (Å²) in [5, 5.41) is 12.7. The minimum Gasteiger partial charge on any atom is -0.380 e. The van der Waals surface area contributed by atoms with Crippen LogP contribution in [0.4, 0.5) is 5.69 Å². The van der Waals surface area contributed by atoms with Crippen molar-refractivity contribution < 1.29 is 4.74 Å². The Kier molecular flexibility index (Phi) is 2.88. The van der Waals surface area contributed by atoms with E-state index >= 15 is 0 Å². The van der Waals surface area contributed by atoms with Crippen molar-refractivity contribution in [3.8, 4) is 0 Å². The van der Waals surface area contributed by atoms with E-state index in [1.165, 1.54) is 0 Å². The average Bonchev–Trinajstić information content (AvgIpc) is 2.84. The van der Waals surface area contributed by atoms with Crippen molar-refractivity contribution in [1.82, 2.24) is 10.2 Å². The number of aromatic nitrogens is 2. The Hall–Kier alpha value is -1.68. The largest absolute Gasteiger partial charge is 0.380 e. The highest BCUT2D eigenvalue weighted by atomic mass is 16.5. The van der Waals surface area contributed by atoms with Gasteiger partial charge >= 0.3 is 0 Å². The van der Waals surface area contributed by atoms with Gasteiger partial charge in [0.15, 0.2) is 0 Å². The maximum Gasteiger partial charge on any atom is 0.0950 e. The van der Waals surface area contributed by atoms with Crippen LogP contribution in [-0.2, 0) is 4.74 Å². The fourth-order valence-electron chi connectivity index (χ4n) is 2.41. The molecule has 1 aromatic carbocycles. The number of nitrogens with one attached hydrogen (secondary N) is 1. The summed E-state index contributed by atoms with van der Waals surface area (Å²) in [6, 6.07) is 8.02. The summed E-state index contributed by atoms with van der Waals surface area (Å²) < 4.78 is 5.78. The molecule has 0 aliphatic carbocycles. The van der Waals surface area contributed by atoms with Crippen molar-refractivity contribution in [3.63, 3.8) is 0 Å². The highest BCUT2D eigenvalue weighted by Crippen LogP contribution is 2.27. The smallest absolute Gasteiger partial charge is 0.0950 e. The van der Waals surface area contributed by atoms with E-state index in [1.807, 2.05) is 18.2 Å². The van der Waals surface area contributed by atoms with Crippen LogP contribution in [0.3, 0.4) is 0 Å². The van der Waals surface area contributed by atoms with Crippen LogP contribution < -0.4 is 5.32 Å². The summed E-state index contributed by atoms with van der Waals surface area (Å²) in [4.78, 5) is 0. The molecule has 0 bridgehead atoms. The predicted octanol–water partition coefficient (Wildman–Crippen LogP) is 2.61. The number of hydrogen-bond donors (Lipinski definition) is 1. The fourth-order valence-corrected chi connectivity index (χ4v) is 2.41. The first-order chi connectivity index (χ1) is 8.77. The molecule has 1 atom stereocenters. The van der Waals surface area contributed by atoms with Gasteiger partial charge in [-0.1, -0.05) is 18.2 Å². The number of nitrogens with zero attached hydrogens (tertiary/aromatic N) is 2. The number of anilines is 1. The maximum atomic E-state index is 5.78. The highest BCUT2D eigenvalue weighted by Gasteiger charge is 2.29. The molecule has 4 heteroatoms. The molecule has 94 valence electrons.